The number of anilines is 1. The molecule has 4 heteroatoms. The number of nitrogen functional groups attached to an aromatic ring is 1. The van der Waals surface area contributed by atoms with E-state index in [9.17, 15) is 4.79 Å². The van der Waals surface area contributed by atoms with Crippen LogP contribution in [-0.2, 0) is 0 Å². The Morgan fingerprint density at radius 1 is 1.32 bits per heavy atom. The fourth-order valence-corrected chi connectivity index (χ4v) is 2.70. The smallest absolute Gasteiger partial charge is 0.251 e. The van der Waals surface area contributed by atoms with Gasteiger partial charge in [0.05, 0.1) is 10.7 Å². The van der Waals surface area contributed by atoms with Crippen LogP contribution in [0.25, 0.3) is 0 Å². The summed E-state index contributed by atoms with van der Waals surface area (Å²) >= 11 is 5.86. The Balaban J connectivity index is 1.98. The molecule has 0 radical (unpaired) electrons. The molecule has 0 heterocycles. The average Bonchev–Trinajstić information content (AvgIpc) is 2.58. The normalized spacial score (nSPS) is 23.7. The minimum atomic E-state index is -0.0529. The summed E-state index contributed by atoms with van der Waals surface area (Å²) in [4.78, 5) is 12.2. The molecule has 3 nitrogen and oxygen atoms in total. The van der Waals surface area contributed by atoms with E-state index in [2.05, 4.69) is 12.2 Å². The molecular weight excluding hydrogens is 260 g/mol. The molecule has 2 atom stereocenters. The van der Waals surface area contributed by atoms with E-state index >= 15 is 0 Å². The molecule has 1 aromatic rings. The Hall–Kier alpha value is -1.22. The van der Waals surface area contributed by atoms with Crippen LogP contribution < -0.4 is 11.1 Å². The Kier molecular flexibility index (Phi) is 4.70. The second kappa shape index (κ2) is 6.29. The number of rotatable bonds is 2. The van der Waals surface area contributed by atoms with Gasteiger partial charge in [-0.2, -0.15) is 0 Å². The van der Waals surface area contributed by atoms with Crippen molar-refractivity contribution in [3.05, 3.63) is 28.8 Å². The van der Waals surface area contributed by atoms with Crippen molar-refractivity contribution in [3.63, 3.8) is 0 Å². The highest BCUT2D eigenvalue weighted by Gasteiger charge is 2.18. The molecule has 0 aliphatic heterocycles. The summed E-state index contributed by atoms with van der Waals surface area (Å²) in [5.41, 5.74) is 6.75. The number of amides is 1. The number of benzene rings is 1. The maximum absolute atomic E-state index is 12.2. The van der Waals surface area contributed by atoms with E-state index < -0.39 is 0 Å². The van der Waals surface area contributed by atoms with Gasteiger partial charge in [-0.15, -0.1) is 0 Å². The minimum Gasteiger partial charge on any atom is -0.398 e. The summed E-state index contributed by atoms with van der Waals surface area (Å²) in [6.07, 6.45) is 5.78. The van der Waals surface area contributed by atoms with E-state index in [1.54, 1.807) is 18.2 Å². The highest BCUT2D eigenvalue weighted by Crippen LogP contribution is 2.23. The highest BCUT2D eigenvalue weighted by molar-refractivity contribution is 6.33. The van der Waals surface area contributed by atoms with Gasteiger partial charge in [0, 0.05) is 11.6 Å². The number of carbonyl (C=O) groups is 1. The topological polar surface area (TPSA) is 55.1 Å². The van der Waals surface area contributed by atoms with Gasteiger partial charge in [0.2, 0.25) is 0 Å². The lowest BCUT2D eigenvalue weighted by atomic mass is 10.0. The van der Waals surface area contributed by atoms with E-state index in [-0.39, 0.29) is 11.9 Å². The van der Waals surface area contributed by atoms with Crippen LogP contribution in [0.15, 0.2) is 18.2 Å². The molecule has 1 saturated carbocycles. The lowest BCUT2D eigenvalue weighted by molar-refractivity contribution is 0.0933. The molecular formula is C15H21ClN2O. The summed E-state index contributed by atoms with van der Waals surface area (Å²) in [6, 6.07) is 5.31. The zero-order valence-electron chi connectivity index (χ0n) is 11.3. The third kappa shape index (κ3) is 3.87. The van der Waals surface area contributed by atoms with E-state index in [0.717, 1.165) is 18.8 Å². The van der Waals surface area contributed by atoms with Crippen LogP contribution in [0, 0.1) is 5.92 Å². The van der Waals surface area contributed by atoms with Crippen molar-refractivity contribution in [2.45, 2.75) is 45.1 Å². The molecule has 2 unspecified atom stereocenters. The van der Waals surface area contributed by atoms with Crippen LogP contribution in [0.5, 0.6) is 0 Å². The fourth-order valence-electron chi connectivity index (χ4n) is 2.59. The van der Waals surface area contributed by atoms with Crippen LogP contribution >= 0.6 is 11.6 Å². The number of hydrogen-bond donors (Lipinski definition) is 2. The third-order valence-electron chi connectivity index (χ3n) is 3.85. The van der Waals surface area contributed by atoms with Crippen molar-refractivity contribution in [2.24, 2.45) is 5.92 Å². The number of hydrogen-bond acceptors (Lipinski definition) is 2. The third-order valence-corrected chi connectivity index (χ3v) is 4.20. The quantitative estimate of drug-likeness (QED) is 0.642. The molecule has 1 amide bonds. The van der Waals surface area contributed by atoms with Gasteiger partial charge < -0.3 is 11.1 Å². The SMILES string of the molecule is CC1CCCC(NC(=O)c2ccc(Cl)c(N)c2)CC1. The molecule has 3 N–H and O–H groups in total. The van der Waals surface area contributed by atoms with Gasteiger partial charge in [-0.25, -0.2) is 0 Å². The molecule has 104 valence electrons. The number of nitrogens with two attached hydrogens (primary N) is 1. The predicted molar refractivity (Wildman–Crippen MR) is 79.4 cm³/mol. The first-order valence-corrected chi connectivity index (χ1v) is 7.30. The van der Waals surface area contributed by atoms with Crippen molar-refractivity contribution in [3.8, 4) is 0 Å². The number of halogens is 1. The first-order chi connectivity index (χ1) is 9.06. The summed E-state index contributed by atoms with van der Waals surface area (Å²) in [6.45, 7) is 2.28. The molecule has 0 bridgehead atoms. The lowest BCUT2D eigenvalue weighted by Crippen LogP contribution is -2.34. The standard InChI is InChI=1S/C15H21ClN2O/c1-10-3-2-4-12(7-5-10)18-15(19)11-6-8-13(16)14(17)9-11/h6,8-10,12H,2-5,7,17H2,1H3,(H,18,19). The zero-order chi connectivity index (χ0) is 13.8. The molecule has 2 rings (SSSR count). The average molecular weight is 281 g/mol. The Bertz CT molecular complexity index is 461. The maximum Gasteiger partial charge on any atom is 0.251 e. The lowest BCUT2D eigenvalue weighted by Gasteiger charge is -2.16. The van der Waals surface area contributed by atoms with Crippen molar-refractivity contribution >= 4 is 23.2 Å². The summed E-state index contributed by atoms with van der Waals surface area (Å²) in [7, 11) is 0. The van der Waals surface area contributed by atoms with Gasteiger partial charge in [-0.05, 0) is 43.4 Å². The highest BCUT2D eigenvalue weighted by atomic mass is 35.5. The monoisotopic (exact) mass is 280 g/mol. The van der Waals surface area contributed by atoms with E-state index in [0.29, 0.717) is 16.3 Å². The Morgan fingerprint density at radius 2 is 2.11 bits per heavy atom. The number of nitrogens with one attached hydrogen (secondary N) is 1. The van der Waals surface area contributed by atoms with Gasteiger partial charge in [0.25, 0.3) is 5.91 Å². The van der Waals surface area contributed by atoms with E-state index in [1.807, 2.05) is 0 Å². The fraction of sp³-hybridized carbons (Fsp3) is 0.533. The summed E-state index contributed by atoms with van der Waals surface area (Å²) in [5, 5.41) is 3.59. The molecule has 1 fully saturated rings. The van der Waals surface area contributed by atoms with Gasteiger partial charge in [-0.1, -0.05) is 31.4 Å². The molecule has 19 heavy (non-hydrogen) atoms. The van der Waals surface area contributed by atoms with Crippen molar-refractivity contribution in [1.82, 2.24) is 5.32 Å². The van der Waals surface area contributed by atoms with Crippen molar-refractivity contribution in [1.29, 1.82) is 0 Å². The zero-order valence-corrected chi connectivity index (χ0v) is 12.0. The van der Waals surface area contributed by atoms with Gasteiger partial charge >= 0.3 is 0 Å². The van der Waals surface area contributed by atoms with E-state index in [1.165, 1.54) is 19.3 Å². The second-order valence-corrected chi connectivity index (χ2v) is 5.93. The largest absolute Gasteiger partial charge is 0.398 e. The van der Waals surface area contributed by atoms with Crippen molar-refractivity contribution < 1.29 is 4.79 Å². The predicted octanol–water partition coefficient (Wildman–Crippen LogP) is 3.62. The Morgan fingerprint density at radius 3 is 2.84 bits per heavy atom. The van der Waals surface area contributed by atoms with Crippen LogP contribution in [0.1, 0.15) is 49.4 Å². The maximum atomic E-state index is 12.2. The molecule has 1 aliphatic carbocycles. The first kappa shape index (κ1) is 14.2. The summed E-state index contributed by atoms with van der Waals surface area (Å²) in [5.74, 6) is 0.719. The van der Waals surface area contributed by atoms with Crippen LogP contribution in [0.2, 0.25) is 5.02 Å². The summed E-state index contributed by atoms with van der Waals surface area (Å²) < 4.78 is 0. The van der Waals surface area contributed by atoms with Crippen LogP contribution in [0.3, 0.4) is 0 Å². The molecule has 0 saturated heterocycles. The molecule has 0 aromatic heterocycles. The van der Waals surface area contributed by atoms with Crippen molar-refractivity contribution in [2.75, 3.05) is 5.73 Å². The second-order valence-electron chi connectivity index (χ2n) is 5.52. The van der Waals surface area contributed by atoms with Crippen LogP contribution in [-0.4, -0.2) is 11.9 Å². The minimum absolute atomic E-state index is 0.0529. The van der Waals surface area contributed by atoms with Gasteiger partial charge in [0.1, 0.15) is 0 Å². The van der Waals surface area contributed by atoms with Gasteiger partial charge in [-0.3, -0.25) is 4.79 Å². The van der Waals surface area contributed by atoms with Gasteiger partial charge in [0.15, 0.2) is 0 Å². The van der Waals surface area contributed by atoms with Crippen LogP contribution in [0.4, 0.5) is 5.69 Å². The Labute approximate surface area is 119 Å². The van der Waals surface area contributed by atoms with E-state index in [4.69, 9.17) is 17.3 Å². The molecule has 1 aromatic carbocycles. The number of carbonyl (C=O) groups excluding carboxylic acids is 1. The molecule has 1 aliphatic rings. The first-order valence-electron chi connectivity index (χ1n) is 6.92. The molecule has 0 spiro atoms.